The van der Waals surface area contributed by atoms with Gasteiger partial charge in [-0.05, 0) is 43.4 Å². The molecule has 2 amide bonds. The Morgan fingerprint density at radius 3 is 2.23 bits per heavy atom. The number of aryl methyl sites for hydroxylation is 1. The van der Waals surface area contributed by atoms with E-state index in [2.05, 4.69) is 5.32 Å². The van der Waals surface area contributed by atoms with Gasteiger partial charge >= 0.3 is 0 Å². The predicted octanol–water partition coefficient (Wildman–Crippen LogP) is 4.02. The Balaban J connectivity index is 1.90. The molecule has 1 aliphatic rings. The summed E-state index contributed by atoms with van der Waals surface area (Å²) >= 11 is 0. The lowest BCUT2D eigenvalue weighted by Crippen LogP contribution is -2.54. The Morgan fingerprint density at radius 1 is 1.00 bits per heavy atom. The molecule has 0 radical (unpaired) electrons. The summed E-state index contributed by atoms with van der Waals surface area (Å²) in [7, 11) is -3.73. The van der Waals surface area contributed by atoms with Crippen LogP contribution in [0.25, 0.3) is 0 Å². The number of rotatable bonds is 10. The molecular weight excluding hydrogens is 462 g/mol. The summed E-state index contributed by atoms with van der Waals surface area (Å²) in [5.41, 5.74) is 2.09. The molecule has 8 heteroatoms. The van der Waals surface area contributed by atoms with Crippen LogP contribution in [0.5, 0.6) is 0 Å². The molecule has 1 aliphatic carbocycles. The van der Waals surface area contributed by atoms with Crippen molar-refractivity contribution in [1.29, 1.82) is 0 Å². The monoisotopic (exact) mass is 499 g/mol. The van der Waals surface area contributed by atoms with Gasteiger partial charge in [0, 0.05) is 12.6 Å². The van der Waals surface area contributed by atoms with E-state index in [4.69, 9.17) is 0 Å². The first-order valence-corrected chi connectivity index (χ1v) is 14.2. The second-order valence-corrected chi connectivity index (χ2v) is 11.2. The Bertz CT molecular complexity index is 1100. The molecule has 0 saturated heterocycles. The van der Waals surface area contributed by atoms with E-state index in [-0.39, 0.29) is 25.0 Å². The normalized spacial score (nSPS) is 15.3. The summed E-state index contributed by atoms with van der Waals surface area (Å²) in [6, 6.07) is 16.0. The molecule has 2 aromatic rings. The van der Waals surface area contributed by atoms with Crippen molar-refractivity contribution in [2.45, 2.75) is 71.0 Å². The summed E-state index contributed by atoms with van der Waals surface area (Å²) in [5, 5.41) is 3.15. The van der Waals surface area contributed by atoms with Crippen molar-refractivity contribution in [2.75, 3.05) is 17.1 Å². The van der Waals surface area contributed by atoms with Gasteiger partial charge in [0.1, 0.15) is 12.6 Å². The number of benzene rings is 2. The summed E-state index contributed by atoms with van der Waals surface area (Å²) in [4.78, 5) is 28.6. The Hall–Kier alpha value is -2.87. The summed E-state index contributed by atoms with van der Waals surface area (Å²) in [6.07, 6.45) is 6.79. The Kier molecular flexibility index (Phi) is 9.32. The number of nitrogens with one attached hydrogen (secondary N) is 1. The van der Waals surface area contributed by atoms with E-state index < -0.39 is 22.0 Å². The van der Waals surface area contributed by atoms with E-state index in [1.807, 2.05) is 56.3 Å². The fourth-order valence-corrected chi connectivity index (χ4v) is 5.59. The first kappa shape index (κ1) is 26.7. The molecule has 1 N–H and O–H groups in total. The molecule has 0 bridgehead atoms. The van der Waals surface area contributed by atoms with Gasteiger partial charge in [-0.15, -0.1) is 0 Å². The Morgan fingerprint density at radius 2 is 1.63 bits per heavy atom. The third kappa shape index (κ3) is 7.31. The fraction of sp³-hybridized carbons (Fsp3) is 0.481. The van der Waals surface area contributed by atoms with E-state index in [9.17, 15) is 18.0 Å². The maximum absolute atomic E-state index is 13.7. The lowest BCUT2D eigenvalue weighted by Gasteiger charge is -2.34. The average Bonchev–Trinajstić information content (AvgIpc) is 2.83. The quantitative estimate of drug-likeness (QED) is 0.535. The van der Waals surface area contributed by atoms with Crippen LogP contribution in [0.15, 0.2) is 54.6 Å². The van der Waals surface area contributed by atoms with Crippen molar-refractivity contribution in [2.24, 2.45) is 0 Å². The smallest absolute Gasteiger partial charge is 0.244 e. The minimum absolute atomic E-state index is 0.124. The maximum Gasteiger partial charge on any atom is 0.244 e. The van der Waals surface area contributed by atoms with Crippen LogP contribution in [0.2, 0.25) is 0 Å². The van der Waals surface area contributed by atoms with Crippen LogP contribution < -0.4 is 9.62 Å². The molecule has 0 heterocycles. The molecule has 0 spiro atoms. The van der Waals surface area contributed by atoms with Crippen molar-refractivity contribution in [3.8, 4) is 0 Å². The lowest BCUT2D eigenvalue weighted by molar-refractivity contribution is -0.140. The second kappa shape index (κ2) is 12.2. The molecule has 1 unspecified atom stereocenters. The van der Waals surface area contributed by atoms with Crippen LogP contribution >= 0.6 is 0 Å². The van der Waals surface area contributed by atoms with Crippen LogP contribution in [-0.4, -0.2) is 50.0 Å². The highest BCUT2D eigenvalue weighted by Crippen LogP contribution is 2.23. The van der Waals surface area contributed by atoms with Crippen LogP contribution in [0, 0.1) is 6.92 Å². The van der Waals surface area contributed by atoms with E-state index in [0.29, 0.717) is 12.1 Å². The summed E-state index contributed by atoms with van der Waals surface area (Å²) < 4.78 is 26.6. The van der Waals surface area contributed by atoms with Crippen LogP contribution in [0.1, 0.15) is 56.6 Å². The highest BCUT2D eigenvalue weighted by atomic mass is 32.2. The second-order valence-electron chi connectivity index (χ2n) is 9.33. The van der Waals surface area contributed by atoms with Gasteiger partial charge in [0.15, 0.2) is 0 Å². The van der Waals surface area contributed by atoms with Crippen molar-refractivity contribution >= 4 is 27.5 Å². The van der Waals surface area contributed by atoms with Crippen molar-refractivity contribution in [3.63, 3.8) is 0 Å². The highest BCUT2D eigenvalue weighted by molar-refractivity contribution is 7.92. The van der Waals surface area contributed by atoms with Gasteiger partial charge in [-0.1, -0.05) is 74.7 Å². The number of sulfonamides is 1. The standard InChI is InChI=1S/C27H37N3O4S/c1-4-24(27(32)28-23-16-9-6-10-17-23)29(19-22-14-7-5-8-15-22)26(31)20-30(35(3,33)34)25-18-12-11-13-21(25)2/h5,7-8,11-15,18,23-24H,4,6,9-10,16-17,19-20H2,1-3H3,(H,28,32). The molecule has 7 nitrogen and oxygen atoms in total. The van der Waals surface area contributed by atoms with Gasteiger partial charge in [-0.3, -0.25) is 13.9 Å². The number of anilines is 1. The minimum Gasteiger partial charge on any atom is -0.352 e. The van der Waals surface area contributed by atoms with E-state index in [1.54, 1.807) is 12.1 Å². The molecule has 3 rings (SSSR count). The SMILES string of the molecule is CCC(C(=O)NC1CCCCC1)N(Cc1ccccc1)C(=O)CN(c1ccccc1C)S(C)(=O)=O. The van der Waals surface area contributed by atoms with Gasteiger partial charge in [-0.2, -0.15) is 0 Å². The van der Waals surface area contributed by atoms with Gasteiger partial charge in [0.25, 0.3) is 0 Å². The van der Waals surface area contributed by atoms with Gasteiger partial charge in [-0.25, -0.2) is 8.42 Å². The van der Waals surface area contributed by atoms with Crippen molar-refractivity contribution in [1.82, 2.24) is 10.2 Å². The third-order valence-corrected chi connectivity index (χ3v) is 7.72. The van der Waals surface area contributed by atoms with Crippen molar-refractivity contribution in [3.05, 3.63) is 65.7 Å². The zero-order chi connectivity index (χ0) is 25.4. The summed E-state index contributed by atoms with van der Waals surface area (Å²) in [6.45, 7) is 3.55. The number of nitrogens with zero attached hydrogens (tertiary/aromatic N) is 2. The molecule has 2 aromatic carbocycles. The largest absolute Gasteiger partial charge is 0.352 e. The molecule has 0 aliphatic heterocycles. The zero-order valence-corrected chi connectivity index (χ0v) is 21.8. The van der Waals surface area contributed by atoms with E-state index >= 15 is 0 Å². The highest BCUT2D eigenvalue weighted by Gasteiger charge is 2.33. The molecule has 0 aromatic heterocycles. The maximum atomic E-state index is 13.7. The van der Waals surface area contributed by atoms with Gasteiger partial charge in [0.2, 0.25) is 21.8 Å². The van der Waals surface area contributed by atoms with E-state index in [0.717, 1.165) is 47.4 Å². The number of carbonyl (C=O) groups is 2. The molecular formula is C27H37N3O4S. The topological polar surface area (TPSA) is 86.8 Å². The molecule has 190 valence electrons. The fourth-order valence-electron chi connectivity index (χ4n) is 4.68. The minimum atomic E-state index is -3.73. The average molecular weight is 500 g/mol. The van der Waals surface area contributed by atoms with Crippen molar-refractivity contribution < 1.29 is 18.0 Å². The third-order valence-electron chi connectivity index (χ3n) is 6.60. The first-order valence-electron chi connectivity index (χ1n) is 12.4. The van der Waals surface area contributed by atoms with E-state index in [1.165, 1.54) is 11.3 Å². The predicted molar refractivity (Wildman–Crippen MR) is 139 cm³/mol. The first-order chi connectivity index (χ1) is 16.7. The van der Waals surface area contributed by atoms with Gasteiger partial charge < -0.3 is 10.2 Å². The molecule has 1 atom stereocenters. The van der Waals surface area contributed by atoms with Crippen LogP contribution in [0.3, 0.4) is 0 Å². The number of carbonyl (C=O) groups excluding carboxylic acids is 2. The molecule has 1 saturated carbocycles. The van der Waals surface area contributed by atoms with Gasteiger partial charge in [0.05, 0.1) is 11.9 Å². The molecule has 35 heavy (non-hydrogen) atoms. The van der Waals surface area contributed by atoms with Crippen LogP contribution in [-0.2, 0) is 26.2 Å². The van der Waals surface area contributed by atoms with Crippen LogP contribution in [0.4, 0.5) is 5.69 Å². The number of para-hydroxylation sites is 1. The summed E-state index contributed by atoms with van der Waals surface area (Å²) in [5.74, 6) is -0.585. The number of hydrogen-bond donors (Lipinski definition) is 1. The molecule has 1 fully saturated rings. The zero-order valence-electron chi connectivity index (χ0n) is 20.9. The Labute approximate surface area is 209 Å². The lowest BCUT2D eigenvalue weighted by atomic mass is 9.95. The number of hydrogen-bond acceptors (Lipinski definition) is 4. The number of amides is 2.